The molecule has 19 heavy (non-hydrogen) atoms. The number of nitrogen functional groups attached to an aromatic ring is 1. The summed E-state index contributed by atoms with van der Waals surface area (Å²) in [4.78, 5) is 17.6. The largest absolute Gasteiger partial charge is 0.399 e. The van der Waals surface area contributed by atoms with Crippen molar-refractivity contribution < 1.29 is 9.18 Å². The molecule has 0 atom stereocenters. The monoisotopic (exact) mass is 277 g/mol. The highest BCUT2D eigenvalue weighted by atomic mass is 32.1. The number of hydrogen-bond donors (Lipinski definition) is 2. The maximum atomic E-state index is 13.2. The van der Waals surface area contributed by atoms with Gasteiger partial charge in [-0.15, -0.1) is 11.3 Å². The van der Waals surface area contributed by atoms with Crippen LogP contribution >= 0.6 is 11.3 Å². The molecule has 0 unspecified atom stereocenters. The molecule has 1 aromatic heterocycles. The molecule has 0 radical (unpaired) electrons. The summed E-state index contributed by atoms with van der Waals surface area (Å²) in [5.74, 6) is -0.912. The molecule has 0 fully saturated rings. The van der Waals surface area contributed by atoms with E-state index in [9.17, 15) is 9.18 Å². The average molecular weight is 277 g/mol. The summed E-state index contributed by atoms with van der Waals surface area (Å²) in [6, 6.07) is 3.78. The number of carbonyl (C=O) groups is 1. The SMILES string of the molecule is Nc1cc(F)cc(C(=O)Nc2nc3c(s2)CCC3)c1. The summed E-state index contributed by atoms with van der Waals surface area (Å²) < 4.78 is 13.2. The molecule has 0 bridgehead atoms. The van der Waals surface area contributed by atoms with Gasteiger partial charge in [-0.2, -0.15) is 0 Å². The van der Waals surface area contributed by atoms with Crippen molar-refractivity contribution >= 4 is 28.1 Å². The predicted octanol–water partition coefficient (Wildman–Crippen LogP) is 2.61. The molecule has 1 aliphatic rings. The third-order valence-corrected chi connectivity index (χ3v) is 4.07. The lowest BCUT2D eigenvalue weighted by Crippen LogP contribution is -2.12. The van der Waals surface area contributed by atoms with Crippen LogP contribution in [0.5, 0.6) is 0 Å². The summed E-state index contributed by atoms with van der Waals surface area (Å²) in [5.41, 5.74) is 7.02. The van der Waals surface area contributed by atoms with Gasteiger partial charge in [-0.3, -0.25) is 10.1 Å². The van der Waals surface area contributed by atoms with Crippen LogP contribution in [-0.2, 0) is 12.8 Å². The number of aromatic nitrogens is 1. The molecule has 1 heterocycles. The second kappa shape index (κ2) is 4.62. The second-order valence-electron chi connectivity index (χ2n) is 4.47. The predicted molar refractivity (Wildman–Crippen MR) is 72.9 cm³/mol. The lowest BCUT2D eigenvalue weighted by molar-refractivity contribution is 0.102. The van der Waals surface area contributed by atoms with E-state index in [1.54, 1.807) is 0 Å². The highest BCUT2D eigenvalue weighted by molar-refractivity contribution is 7.15. The van der Waals surface area contributed by atoms with Crippen molar-refractivity contribution in [3.05, 3.63) is 40.2 Å². The van der Waals surface area contributed by atoms with Gasteiger partial charge in [0.15, 0.2) is 5.13 Å². The van der Waals surface area contributed by atoms with Gasteiger partial charge in [0.2, 0.25) is 0 Å². The first kappa shape index (κ1) is 12.1. The Hall–Kier alpha value is -1.95. The minimum absolute atomic E-state index is 0.202. The molecule has 4 nitrogen and oxygen atoms in total. The standard InChI is InChI=1S/C13H12FN3OS/c14-8-4-7(5-9(15)6-8)12(18)17-13-16-10-2-1-3-11(10)19-13/h4-6H,1-3,15H2,(H,16,17,18). The zero-order chi connectivity index (χ0) is 13.4. The molecule has 0 spiro atoms. The smallest absolute Gasteiger partial charge is 0.257 e. The van der Waals surface area contributed by atoms with E-state index in [1.807, 2.05) is 0 Å². The van der Waals surface area contributed by atoms with Crippen LogP contribution in [0.3, 0.4) is 0 Å². The molecule has 0 aliphatic heterocycles. The van der Waals surface area contributed by atoms with E-state index < -0.39 is 11.7 Å². The Labute approximate surface area is 113 Å². The number of nitrogens with two attached hydrogens (primary N) is 1. The highest BCUT2D eigenvalue weighted by Gasteiger charge is 2.18. The van der Waals surface area contributed by atoms with E-state index in [4.69, 9.17) is 5.73 Å². The van der Waals surface area contributed by atoms with Crippen molar-refractivity contribution in [2.24, 2.45) is 0 Å². The van der Waals surface area contributed by atoms with Crippen molar-refractivity contribution in [3.63, 3.8) is 0 Å². The first-order valence-corrected chi connectivity index (χ1v) is 6.79. The Balaban J connectivity index is 1.80. The van der Waals surface area contributed by atoms with E-state index in [0.29, 0.717) is 5.13 Å². The third-order valence-electron chi connectivity index (χ3n) is 3.00. The fraction of sp³-hybridized carbons (Fsp3) is 0.231. The van der Waals surface area contributed by atoms with Gasteiger partial charge < -0.3 is 5.73 Å². The van der Waals surface area contributed by atoms with Gasteiger partial charge in [0.25, 0.3) is 5.91 Å². The number of fused-ring (bicyclic) bond motifs is 1. The van der Waals surface area contributed by atoms with Crippen LogP contribution in [0.4, 0.5) is 15.2 Å². The number of nitrogens with one attached hydrogen (secondary N) is 1. The van der Waals surface area contributed by atoms with Crippen LogP contribution in [0, 0.1) is 5.82 Å². The number of anilines is 2. The summed E-state index contributed by atoms with van der Waals surface area (Å²) in [6.07, 6.45) is 3.12. The van der Waals surface area contributed by atoms with Crippen molar-refractivity contribution in [2.75, 3.05) is 11.1 Å². The maximum Gasteiger partial charge on any atom is 0.257 e. The van der Waals surface area contributed by atoms with Crippen LogP contribution in [0.25, 0.3) is 0 Å². The molecule has 0 saturated carbocycles. The molecule has 1 amide bonds. The van der Waals surface area contributed by atoms with Crippen LogP contribution < -0.4 is 11.1 Å². The molecule has 6 heteroatoms. The van der Waals surface area contributed by atoms with E-state index in [1.165, 1.54) is 28.3 Å². The number of aryl methyl sites for hydroxylation is 2. The normalized spacial score (nSPS) is 13.3. The number of carbonyl (C=O) groups excluding carboxylic acids is 1. The van der Waals surface area contributed by atoms with Gasteiger partial charge in [-0.1, -0.05) is 0 Å². The van der Waals surface area contributed by atoms with Crippen LogP contribution in [0.1, 0.15) is 27.3 Å². The number of thiazole rings is 1. The number of rotatable bonds is 2. The fourth-order valence-corrected chi connectivity index (χ4v) is 3.20. The Morgan fingerprint density at radius 3 is 2.95 bits per heavy atom. The molecule has 0 saturated heterocycles. The first-order valence-electron chi connectivity index (χ1n) is 5.98. The molecule has 1 aromatic carbocycles. The quantitative estimate of drug-likeness (QED) is 0.829. The van der Waals surface area contributed by atoms with Crippen LogP contribution in [0.15, 0.2) is 18.2 Å². The molecule has 2 aromatic rings. The number of benzene rings is 1. The minimum Gasteiger partial charge on any atom is -0.399 e. The molecule has 3 rings (SSSR count). The van der Waals surface area contributed by atoms with Gasteiger partial charge in [0.1, 0.15) is 5.82 Å². The van der Waals surface area contributed by atoms with Crippen LogP contribution in [-0.4, -0.2) is 10.9 Å². The lowest BCUT2D eigenvalue weighted by Gasteiger charge is -2.03. The minimum atomic E-state index is -0.521. The van der Waals surface area contributed by atoms with Gasteiger partial charge in [0.05, 0.1) is 5.69 Å². The van der Waals surface area contributed by atoms with Gasteiger partial charge in [0, 0.05) is 16.1 Å². The molecular weight excluding hydrogens is 265 g/mol. The molecule has 98 valence electrons. The topological polar surface area (TPSA) is 68.0 Å². The Morgan fingerprint density at radius 1 is 1.37 bits per heavy atom. The Bertz CT molecular complexity index is 612. The Morgan fingerprint density at radius 2 is 2.21 bits per heavy atom. The summed E-state index contributed by atoms with van der Waals surface area (Å²) in [7, 11) is 0. The lowest BCUT2D eigenvalue weighted by atomic mass is 10.2. The van der Waals surface area contributed by atoms with E-state index in [0.717, 1.165) is 31.0 Å². The molecule has 3 N–H and O–H groups in total. The van der Waals surface area contributed by atoms with Gasteiger partial charge in [-0.25, -0.2) is 9.37 Å². The fourth-order valence-electron chi connectivity index (χ4n) is 2.16. The maximum absolute atomic E-state index is 13.2. The van der Waals surface area contributed by atoms with Crippen molar-refractivity contribution in [2.45, 2.75) is 19.3 Å². The van der Waals surface area contributed by atoms with Gasteiger partial charge >= 0.3 is 0 Å². The highest BCUT2D eigenvalue weighted by Crippen LogP contribution is 2.30. The second-order valence-corrected chi connectivity index (χ2v) is 5.55. The zero-order valence-corrected chi connectivity index (χ0v) is 10.9. The van der Waals surface area contributed by atoms with E-state index >= 15 is 0 Å². The van der Waals surface area contributed by atoms with Gasteiger partial charge in [-0.05, 0) is 37.5 Å². The van der Waals surface area contributed by atoms with E-state index in [-0.39, 0.29) is 11.3 Å². The summed E-state index contributed by atoms with van der Waals surface area (Å²) in [6.45, 7) is 0. The number of nitrogens with zero attached hydrogens (tertiary/aromatic N) is 1. The number of halogens is 1. The zero-order valence-electron chi connectivity index (χ0n) is 10.1. The van der Waals surface area contributed by atoms with E-state index in [2.05, 4.69) is 10.3 Å². The molecular formula is C13H12FN3OS. The van der Waals surface area contributed by atoms with Crippen molar-refractivity contribution in [1.29, 1.82) is 0 Å². The summed E-state index contributed by atoms with van der Waals surface area (Å²) >= 11 is 1.49. The van der Waals surface area contributed by atoms with Crippen LogP contribution in [0.2, 0.25) is 0 Å². The first-order chi connectivity index (χ1) is 9.11. The number of hydrogen-bond acceptors (Lipinski definition) is 4. The molecule has 1 aliphatic carbocycles. The average Bonchev–Trinajstić information content (AvgIpc) is 2.88. The van der Waals surface area contributed by atoms with Crippen molar-refractivity contribution in [1.82, 2.24) is 4.98 Å². The summed E-state index contributed by atoms with van der Waals surface area (Å²) in [5, 5.41) is 3.26. The Kier molecular flexibility index (Phi) is 2.94. The third kappa shape index (κ3) is 2.44. The number of amides is 1. The van der Waals surface area contributed by atoms with Crippen molar-refractivity contribution in [3.8, 4) is 0 Å².